The van der Waals surface area contributed by atoms with Crippen LogP contribution >= 0.6 is 11.8 Å². The predicted molar refractivity (Wildman–Crippen MR) is 111 cm³/mol. The van der Waals surface area contributed by atoms with Crippen LogP contribution in [0.15, 0.2) is 70.7 Å². The monoisotopic (exact) mass is 411 g/mol. The van der Waals surface area contributed by atoms with Gasteiger partial charge < -0.3 is 10.2 Å². The van der Waals surface area contributed by atoms with Crippen LogP contribution in [0.1, 0.15) is 23.2 Å². The minimum Gasteiger partial charge on any atom is -0.367 e. The Morgan fingerprint density at radius 2 is 1.69 bits per heavy atom. The maximum Gasteiger partial charge on any atom is 0.258 e. The van der Waals surface area contributed by atoms with Crippen LogP contribution in [0.3, 0.4) is 0 Å². The van der Waals surface area contributed by atoms with Gasteiger partial charge in [0.1, 0.15) is 10.7 Å². The maximum atomic E-state index is 14.5. The number of nitrogens with one attached hydrogen (secondary N) is 1. The lowest BCUT2D eigenvalue weighted by Crippen LogP contribution is -2.21. The molecule has 3 aromatic rings. The second-order valence-corrected chi connectivity index (χ2v) is 7.77. The van der Waals surface area contributed by atoms with E-state index in [0.29, 0.717) is 23.7 Å². The second kappa shape index (κ2) is 8.61. The van der Waals surface area contributed by atoms with E-state index in [1.807, 2.05) is 30.3 Å². The summed E-state index contributed by atoms with van der Waals surface area (Å²) in [4.78, 5) is 19.7. The molecule has 2 heterocycles. The number of anilines is 2. The Bertz CT molecular complexity index is 1000. The molecular formula is C22H19F2N3OS. The van der Waals surface area contributed by atoms with Crippen LogP contribution in [0.25, 0.3) is 0 Å². The molecule has 4 rings (SSSR count). The molecule has 0 radical (unpaired) electrons. The van der Waals surface area contributed by atoms with Gasteiger partial charge in [-0.25, -0.2) is 13.8 Å². The van der Waals surface area contributed by atoms with Crippen molar-refractivity contribution in [3.63, 3.8) is 0 Å². The molecule has 0 atom stereocenters. The molecule has 1 aromatic heterocycles. The Labute approximate surface area is 172 Å². The fraction of sp³-hybridized carbons (Fsp3) is 0.182. The van der Waals surface area contributed by atoms with Gasteiger partial charge in [-0.2, -0.15) is 0 Å². The smallest absolute Gasteiger partial charge is 0.258 e. The van der Waals surface area contributed by atoms with E-state index >= 15 is 0 Å². The third kappa shape index (κ3) is 4.40. The minimum absolute atomic E-state index is 0.0257. The maximum absolute atomic E-state index is 14.5. The highest BCUT2D eigenvalue weighted by Crippen LogP contribution is 2.31. The van der Waals surface area contributed by atoms with E-state index in [-0.39, 0.29) is 11.4 Å². The van der Waals surface area contributed by atoms with Crippen LogP contribution in [0, 0.1) is 11.6 Å². The standard InChI is InChI=1S/C22H19F2N3OS/c23-18-13-15(14-19(24)20(18)27-11-4-5-12-27)26-21(28)17-9-6-10-25-22(17)29-16-7-2-1-3-8-16/h1-3,6-10,13-14H,4-5,11-12H2,(H,26,28). The summed E-state index contributed by atoms with van der Waals surface area (Å²) in [6, 6.07) is 15.2. The van der Waals surface area contributed by atoms with Gasteiger partial charge in [-0.1, -0.05) is 30.0 Å². The first kappa shape index (κ1) is 19.4. The highest BCUT2D eigenvalue weighted by atomic mass is 32.2. The van der Waals surface area contributed by atoms with Gasteiger partial charge in [0, 0.05) is 29.9 Å². The highest BCUT2D eigenvalue weighted by Gasteiger charge is 2.22. The van der Waals surface area contributed by atoms with Crippen LogP contribution in [0.4, 0.5) is 20.2 Å². The Morgan fingerprint density at radius 1 is 1.00 bits per heavy atom. The molecule has 2 aromatic carbocycles. The third-order valence-corrected chi connectivity index (χ3v) is 5.70. The number of rotatable bonds is 5. The van der Waals surface area contributed by atoms with Crippen LogP contribution in [-0.2, 0) is 0 Å². The number of benzene rings is 2. The van der Waals surface area contributed by atoms with Crippen LogP contribution < -0.4 is 10.2 Å². The largest absolute Gasteiger partial charge is 0.367 e. The summed E-state index contributed by atoms with van der Waals surface area (Å²) in [5.41, 5.74) is 0.389. The average Bonchev–Trinajstić information content (AvgIpc) is 3.23. The molecule has 1 fully saturated rings. The number of hydrogen-bond acceptors (Lipinski definition) is 4. The molecule has 1 saturated heterocycles. The molecule has 7 heteroatoms. The van der Waals surface area contributed by atoms with Crippen molar-refractivity contribution < 1.29 is 13.6 Å². The van der Waals surface area contributed by atoms with E-state index in [1.54, 1.807) is 23.2 Å². The normalized spacial score (nSPS) is 13.5. The van der Waals surface area contributed by atoms with E-state index in [9.17, 15) is 13.6 Å². The number of pyridine rings is 1. The summed E-state index contributed by atoms with van der Waals surface area (Å²) in [5, 5.41) is 3.11. The molecule has 1 amide bonds. The molecule has 0 bridgehead atoms. The van der Waals surface area contributed by atoms with Crippen molar-refractivity contribution in [3.05, 3.63) is 78.0 Å². The molecular weight excluding hydrogens is 392 g/mol. The van der Waals surface area contributed by atoms with Crippen molar-refractivity contribution in [3.8, 4) is 0 Å². The van der Waals surface area contributed by atoms with E-state index < -0.39 is 17.5 Å². The topological polar surface area (TPSA) is 45.2 Å². The minimum atomic E-state index is -0.674. The van der Waals surface area contributed by atoms with Gasteiger partial charge in [-0.05, 0) is 49.2 Å². The Morgan fingerprint density at radius 3 is 2.38 bits per heavy atom. The van der Waals surface area contributed by atoms with Gasteiger partial charge in [0.25, 0.3) is 5.91 Å². The summed E-state index contributed by atoms with van der Waals surface area (Å²) >= 11 is 1.35. The van der Waals surface area contributed by atoms with Crippen molar-refractivity contribution in [2.24, 2.45) is 0 Å². The first-order valence-corrected chi connectivity index (χ1v) is 10.2. The molecule has 0 saturated carbocycles. The average molecular weight is 411 g/mol. The van der Waals surface area contributed by atoms with Crippen molar-refractivity contribution in [1.29, 1.82) is 0 Å². The van der Waals surface area contributed by atoms with Gasteiger partial charge in [-0.3, -0.25) is 4.79 Å². The number of carbonyl (C=O) groups excluding carboxylic acids is 1. The molecule has 1 aliphatic rings. The Kier molecular flexibility index (Phi) is 5.76. The zero-order valence-electron chi connectivity index (χ0n) is 15.6. The highest BCUT2D eigenvalue weighted by molar-refractivity contribution is 7.99. The SMILES string of the molecule is O=C(Nc1cc(F)c(N2CCCC2)c(F)c1)c1cccnc1Sc1ccccc1. The Hall–Kier alpha value is -2.93. The van der Waals surface area contributed by atoms with Gasteiger partial charge >= 0.3 is 0 Å². The lowest BCUT2D eigenvalue weighted by Gasteiger charge is -2.20. The van der Waals surface area contributed by atoms with Gasteiger partial charge in [0.05, 0.1) is 5.56 Å². The van der Waals surface area contributed by atoms with Crippen LogP contribution in [-0.4, -0.2) is 24.0 Å². The third-order valence-electron chi connectivity index (χ3n) is 4.67. The fourth-order valence-electron chi connectivity index (χ4n) is 3.32. The van der Waals surface area contributed by atoms with Crippen molar-refractivity contribution in [2.75, 3.05) is 23.3 Å². The molecule has 4 nitrogen and oxygen atoms in total. The van der Waals surface area contributed by atoms with Crippen molar-refractivity contribution in [1.82, 2.24) is 4.98 Å². The fourth-order valence-corrected chi connectivity index (χ4v) is 4.22. The number of carbonyl (C=O) groups is 1. The van der Waals surface area contributed by atoms with Gasteiger partial charge in [-0.15, -0.1) is 0 Å². The predicted octanol–water partition coefficient (Wildman–Crippen LogP) is 5.36. The van der Waals surface area contributed by atoms with E-state index in [1.165, 1.54) is 11.8 Å². The van der Waals surface area contributed by atoms with Gasteiger partial charge in [0.2, 0.25) is 0 Å². The number of amides is 1. The lowest BCUT2D eigenvalue weighted by molar-refractivity contribution is 0.102. The van der Waals surface area contributed by atoms with Crippen LogP contribution in [0.5, 0.6) is 0 Å². The number of aromatic nitrogens is 1. The summed E-state index contributed by atoms with van der Waals surface area (Å²) < 4.78 is 29.1. The summed E-state index contributed by atoms with van der Waals surface area (Å²) in [7, 11) is 0. The molecule has 148 valence electrons. The van der Waals surface area contributed by atoms with E-state index in [4.69, 9.17) is 0 Å². The molecule has 29 heavy (non-hydrogen) atoms. The number of halogens is 2. The number of nitrogens with zero attached hydrogens (tertiary/aromatic N) is 2. The quantitative estimate of drug-likeness (QED) is 0.614. The first-order chi connectivity index (χ1) is 14.1. The van der Waals surface area contributed by atoms with Crippen LogP contribution in [0.2, 0.25) is 0 Å². The summed E-state index contributed by atoms with van der Waals surface area (Å²) in [6.07, 6.45) is 3.44. The zero-order chi connectivity index (χ0) is 20.2. The van der Waals surface area contributed by atoms with E-state index in [2.05, 4.69) is 10.3 Å². The second-order valence-electron chi connectivity index (χ2n) is 6.71. The molecule has 0 aliphatic carbocycles. The molecule has 0 unspecified atom stereocenters. The molecule has 1 aliphatic heterocycles. The van der Waals surface area contributed by atoms with Crippen molar-refractivity contribution in [2.45, 2.75) is 22.8 Å². The lowest BCUT2D eigenvalue weighted by atomic mass is 10.2. The van der Waals surface area contributed by atoms with Gasteiger partial charge in [0.15, 0.2) is 11.6 Å². The van der Waals surface area contributed by atoms with E-state index in [0.717, 1.165) is 29.9 Å². The molecule has 1 N–H and O–H groups in total. The Balaban J connectivity index is 1.56. The number of hydrogen-bond donors (Lipinski definition) is 1. The molecule has 0 spiro atoms. The van der Waals surface area contributed by atoms with Crippen molar-refractivity contribution >= 4 is 29.0 Å². The summed E-state index contributed by atoms with van der Waals surface area (Å²) in [5.74, 6) is -1.82. The summed E-state index contributed by atoms with van der Waals surface area (Å²) in [6.45, 7) is 1.27. The zero-order valence-corrected chi connectivity index (χ0v) is 16.4. The first-order valence-electron chi connectivity index (χ1n) is 9.35.